The molecule has 0 aromatic rings. The van der Waals surface area contributed by atoms with Crippen molar-refractivity contribution in [2.24, 2.45) is 5.92 Å². The maximum absolute atomic E-state index is 4.05. The van der Waals surface area contributed by atoms with E-state index in [0.717, 1.165) is 5.92 Å². The van der Waals surface area contributed by atoms with E-state index >= 15 is 0 Å². The van der Waals surface area contributed by atoms with Gasteiger partial charge in [-0.1, -0.05) is 140 Å². The molecule has 0 fully saturated rings. The van der Waals surface area contributed by atoms with Crippen LogP contribution in [0.5, 0.6) is 0 Å². The highest BCUT2D eigenvalue weighted by molar-refractivity contribution is 9.10. The molecule has 0 bridgehead atoms. The second kappa shape index (κ2) is 20.6. The standard InChI is InChI=1S/C24H49Br.H3P/c1-5-9-10-11-12-13-14-15-16-17-18-19-20-21-22-23(6-2)24(25,7-3)8-4;/h23H,5-22H2,1-4H3;1H3. The summed E-state index contributed by atoms with van der Waals surface area (Å²) in [5, 5.41) is 0. The van der Waals surface area contributed by atoms with E-state index < -0.39 is 0 Å². The van der Waals surface area contributed by atoms with Crippen LogP contribution in [0.25, 0.3) is 0 Å². The van der Waals surface area contributed by atoms with Crippen molar-refractivity contribution < 1.29 is 0 Å². The smallest absolute Gasteiger partial charge is 0.0280 e. The summed E-state index contributed by atoms with van der Waals surface area (Å²) in [7, 11) is 0. The van der Waals surface area contributed by atoms with Gasteiger partial charge in [0, 0.05) is 4.32 Å². The molecule has 0 aliphatic heterocycles. The van der Waals surface area contributed by atoms with E-state index in [-0.39, 0.29) is 9.90 Å². The summed E-state index contributed by atoms with van der Waals surface area (Å²) >= 11 is 4.05. The average Bonchev–Trinajstić information content (AvgIpc) is 2.64. The first-order chi connectivity index (χ1) is 12.1. The zero-order chi connectivity index (χ0) is 18.8. The van der Waals surface area contributed by atoms with Gasteiger partial charge in [-0.2, -0.15) is 9.90 Å². The van der Waals surface area contributed by atoms with Crippen LogP contribution >= 0.6 is 25.8 Å². The van der Waals surface area contributed by atoms with Crippen molar-refractivity contribution in [2.45, 2.75) is 148 Å². The molecule has 0 amide bonds. The van der Waals surface area contributed by atoms with Gasteiger partial charge in [-0.3, -0.25) is 0 Å². The minimum Gasteiger partial charge on any atom is -0.153 e. The summed E-state index contributed by atoms with van der Waals surface area (Å²) in [5.74, 6) is 0.861. The number of alkyl halides is 1. The van der Waals surface area contributed by atoms with Crippen LogP contribution in [-0.4, -0.2) is 4.32 Å². The van der Waals surface area contributed by atoms with E-state index in [0.29, 0.717) is 4.32 Å². The fourth-order valence-electron chi connectivity index (χ4n) is 4.24. The quantitative estimate of drug-likeness (QED) is 0.104. The fourth-order valence-corrected chi connectivity index (χ4v) is 4.79. The lowest BCUT2D eigenvalue weighted by molar-refractivity contribution is 0.321. The van der Waals surface area contributed by atoms with Crippen LogP contribution in [-0.2, 0) is 0 Å². The summed E-state index contributed by atoms with van der Waals surface area (Å²) in [5.41, 5.74) is 0. The first-order valence-electron chi connectivity index (χ1n) is 11.8. The fraction of sp³-hybridized carbons (Fsp3) is 1.00. The van der Waals surface area contributed by atoms with Crippen molar-refractivity contribution in [3.8, 4) is 0 Å². The highest BCUT2D eigenvalue weighted by Crippen LogP contribution is 2.39. The Morgan fingerprint density at radius 3 is 1.23 bits per heavy atom. The predicted molar refractivity (Wildman–Crippen MR) is 132 cm³/mol. The van der Waals surface area contributed by atoms with Crippen molar-refractivity contribution in [1.29, 1.82) is 0 Å². The Morgan fingerprint density at radius 2 is 0.923 bits per heavy atom. The van der Waals surface area contributed by atoms with E-state index in [2.05, 4.69) is 43.6 Å². The maximum Gasteiger partial charge on any atom is 0.0280 e. The number of hydrogen-bond donors (Lipinski definition) is 0. The Balaban J connectivity index is 0. The third-order valence-electron chi connectivity index (χ3n) is 6.31. The molecule has 0 heterocycles. The van der Waals surface area contributed by atoms with Crippen LogP contribution < -0.4 is 0 Å². The monoisotopic (exact) mass is 450 g/mol. The van der Waals surface area contributed by atoms with Crippen molar-refractivity contribution >= 4 is 25.8 Å². The molecular formula is C24H52BrP. The lowest BCUT2D eigenvalue weighted by Crippen LogP contribution is -2.29. The van der Waals surface area contributed by atoms with Crippen LogP contribution in [0.15, 0.2) is 0 Å². The molecule has 0 aromatic heterocycles. The molecule has 160 valence electrons. The van der Waals surface area contributed by atoms with E-state index in [1.54, 1.807) is 0 Å². The lowest BCUT2D eigenvalue weighted by atomic mass is 9.82. The second-order valence-corrected chi connectivity index (χ2v) is 9.81. The first kappa shape index (κ1) is 29.1. The van der Waals surface area contributed by atoms with Gasteiger partial charge in [-0.25, -0.2) is 0 Å². The molecule has 0 saturated heterocycles. The first-order valence-corrected chi connectivity index (χ1v) is 12.6. The van der Waals surface area contributed by atoms with Crippen LogP contribution in [0.4, 0.5) is 0 Å². The van der Waals surface area contributed by atoms with Gasteiger partial charge in [0.25, 0.3) is 0 Å². The van der Waals surface area contributed by atoms with Gasteiger partial charge in [0.1, 0.15) is 0 Å². The molecule has 0 nitrogen and oxygen atoms in total. The molecule has 0 rings (SSSR count). The Hall–Kier alpha value is 0.910. The third-order valence-corrected chi connectivity index (χ3v) is 8.08. The summed E-state index contributed by atoms with van der Waals surface area (Å²) in [6.07, 6.45) is 25.7. The Kier molecular flexibility index (Phi) is 23.1. The van der Waals surface area contributed by atoms with E-state index in [1.165, 1.54) is 116 Å². The zero-order valence-corrected chi connectivity index (χ0v) is 21.9. The van der Waals surface area contributed by atoms with E-state index in [9.17, 15) is 0 Å². The molecule has 2 heteroatoms. The van der Waals surface area contributed by atoms with Gasteiger partial charge in [-0.15, -0.1) is 0 Å². The lowest BCUT2D eigenvalue weighted by Gasteiger charge is -2.34. The molecule has 2 unspecified atom stereocenters. The van der Waals surface area contributed by atoms with Crippen molar-refractivity contribution in [1.82, 2.24) is 0 Å². The van der Waals surface area contributed by atoms with Crippen LogP contribution in [0, 0.1) is 5.92 Å². The molecule has 0 N–H and O–H groups in total. The van der Waals surface area contributed by atoms with E-state index in [4.69, 9.17) is 0 Å². The molecule has 0 radical (unpaired) electrons. The summed E-state index contributed by atoms with van der Waals surface area (Å²) in [6, 6.07) is 0. The molecule has 2 atom stereocenters. The molecule has 0 aliphatic rings. The predicted octanol–water partition coefficient (Wildman–Crippen LogP) is 9.90. The normalized spacial score (nSPS) is 12.8. The largest absolute Gasteiger partial charge is 0.153 e. The maximum atomic E-state index is 4.05. The third kappa shape index (κ3) is 14.9. The van der Waals surface area contributed by atoms with Crippen LogP contribution in [0.2, 0.25) is 0 Å². The van der Waals surface area contributed by atoms with Crippen molar-refractivity contribution in [3.63, 3.8) is 0 Å². The Bertz CT molecular complexity index is 263. The molecule has 0 aromatic carbocycles. The molecule has 0 aliphatic carbocycles. The summed E-state index contributed by atoms with van der Waals surface area (Å²) < 4.78 is 0.401. The summed E-state index contributed by atoms with van der Waals surface area (Å²) in [4.78, 5) is 0. The average molecular weight is 452 g/mol. The highest BCUT2D eigenvalue weighted by Gasteiger charge is 2.30. The van der Waals surface area contributed by atoms with Gasteiger partial charge in [-0.05, 0) is 25.2 Å². The number of unbranched alkanes of at least 4 members (excludes halogenated alkanes) is 13. The van der Waals surface area contributed by atoms with Gasteiger partial charge < -0.3 is 0 Å². The zero-order valence-electron chi connectivity index (χ0n) is 18.9. The summed E-state index contributed by atoms with van der Waals surface area (Å²) in [6.45, 7) is 9.35. The Labute approximate surface area is 179 Å². The minimum atomic E-state index is 0. The minimum absolute atomic E-state index is 0. The van der Waals surface area contributed by atoms with Crippen molar-refractivity contribution in [2.75, 3.05) is 0 Å². The molecule has 0 saturated carbocycles. The highest BCUT2D eigenvalue weighted by atomic mass is 79.9. The number of halogens is 1. The number of hydrogen-bond acceptors (Lipinski definition) is 0. The molecule has 0 spiro atoms. The van der Waals surface area contributed by atoms with Gasteiger partial charge in [0.2, 0.25) is 0 Å². The Morgan fingerprint density at radius 1 is 0.577 bits per heavy atom. The SMILES string of the molecule is CCCCCCCCCCCCCCCCC(CC)C(Br)(CC)CC.P. The molecule has 26 heavy (non-hydrogen) atoms. The second-order valence-electron chi connectivity index (χ2n) is 8.23. The van der Waals surface area contributed by atoms with Crippen molar-refractivity contribution in [3.05, 3.63) is 0 Å². The van der Waals surface area contributed by atoms with Gasteiger partial charge in [0.15, 0.2) is 0 Å². The van der Waals surface area contributed by atoms with Crippen LogP contribution in [0.3, 0.4) is 0 Å². The number of rotatable bonds is 19. The molecular weight excluding hydrogens is 399 g/mol. The van der Waals surface area contributed by atoms with Gasteiger partial charge in [0.05, 0.1) is 0 Å². The van der Waals surface area contributed by atoms with E-state index in [1.807, 2.05) is 0 Å². The topological polar surface area (TPSA) is 0 Å². The van der Waals surface area contributed by atoms with Gasteiger partial charge >= 0.3 is 0 Å². The van der Waals surface area contributed by atoms with Crippen LogP contribution in [0.1, 0.15) is 143 Å².